The Labute approximate surface area is 150 Å². The van der Waals surface area contributed by atoms with Gasteiger partial charge in [0.05, 0.1) is 13.2 Å². The van der Waals surface area contributed by atoms with Crippen molar-refractivity contribution in [1.29, 1.82) is 0 Å². The predicted octanol–water partition coefficient (Wildman–Crippen LogP) is -3.70. The minimum absolute atomic E-state index is 0.516. The summed E-state index contributed by atoms with van der Waals surface area (Å²) < 4.78 is 26.5. The first-order valence-electron chi connectivity index (χ1n) is 8.22. The van der Waals surface area contributed by atoms with E-state index in [0.717, 1.165) is 0 Å². The number of rotatable bonds is 6. The SMILES string of the molecule is CO[C@@H]1OC(C)(CO)[C@@H](O[C@@H]2OC(CO)[C@@H](OC)C(O)C2O)C(O)C1O. The van der Waals surface area contributed by atoms with Crippen LogP contribution in [0.5, 0.6) is 0 Å². The molecule has 154 valence electrons. The molecule has 0 saturated carbocycles. The van der Waals surface area contributed by atoms with E-state index in [1.54, 1.807) is 0 Å². The average Bonchev–Trinajstić information content (AvgIpc) is 2.64. The van der Waals surface area contributed by atoms with Gasteiger partial charge in [0.25, 0.3) is 0 Å². The lowest BCUT2D eigenvalue weighted by Crippen LogP contribution is -2.68. The summed E-state index contributed by atoms with van der Waals surface area (Å²) >= 11 is 0. The quantitative estimate of drug-likeness (QED) is 0.267. The van der Waals surface area contributed by atoms with Crippen molar-refractivity contribution in [3.05, 3.63) is 0 Å². The van der Waals surface area contributed by atoms with Gasteiger partial charge in [-0.2, -0.15) is 0 Å². The first-order chi connectivity index (χ1) is 12.2. The van der Waals surface area contributed by atoms with Gasteiger partial charge in [0.2, 0.25) is 0 Å². The summed E-state index contributed by atoms with van der Waals surface area (Å²) in [6.07, 6.45) is -12.1. The van der Waals surface area contributed by atoms with Gasteiger partial charge in [-0.15, -0.1) is 0 Å². The fourth-order valence-electron chi connectivity index (χ4n) is 3.24. The van der Waals surface area contributed by atoms with E-state index in [9.17, 15) is 30.6 Å². The molecule has 2 rings (SSSR count). The normalized spacial score (nSPS) is 50.0. The molecule has 11 heteroatoms. The molecule has 6 N–H and O–H groups in total. The maximum Gasteiger partial charge on any atom is 0.187 e. The third-order valence-electron chi connectivity index (χ3n) is 4.85. The van der Waals surface area contributed by atoms with Crippen LogP contribution in [0.1, 0.15) is 6.92 Å². The maximum absolute atomic E-state index is 10.4. The zero-order chi connectivity index (χ0) is 19.6. The second-order valence-corrected chi connectivity index (χ2v) is 6.64. The highest BCUT2D eigenvalue weighted by molar-refractivity contribution is 5.00. The van der Waals surface area contributed by atoms with Crippen LogP contribution >= 0.6 is 0 Å². The van der Waals surface area contributed by atoms with E-state index in [1.165, 1.54) is 21.1 Å². The Balaban J connectivity index is 2.21. The minimum Gasteiger partial charge on any atom is -0.394 e. The molecule has 0 spiro atoms. The molecule has 2 fully saturated rings. The van der Waals surface area contributed by atoms with E-state index in [4.69, 9.17) is 23.7 Å². The molecule has 0 aromatic rings. The van der Waals surface area contributed by atoms with Crippen molar-refractivity contribution in [3.63, 3.8) is 0 Å². The molecular weight excluding hydrogens is 356 g/mol. The zero-order valence-corrected chi connectivity index (χ0v) is 14.8. The largest absolute Gasteiger partial charge is 0.394 e. The fourth-order valence-corrected chi connectivity index (χ4v) is 3.24. The summed E-state index contributed by atoms with van der Waals surface area (Å²) in [5, 5.41) is 60.0. The first kappa shape index (κ1) is 21.9. The highest BCUT2D eigenvalue weighted by atomic mass is 16.7. The molecule has 0 amide bonds. The third kappa shape index (κ3) is 3.88. The van der Waals surface area contributed by atoms with Crippen LogP contribution < -0.4 is 0 Å². The van der Waals surface area contributed by atoms with Gasteiger partial charge in [-0.3, -0.25) is 0 Å². The van der Waals surface area contributed by atoms with E-state index >= 15 is 0 Å². The fraction of sp³-hybridized carbons (Fsp3) is 1.00. The summed E-state index contributed by atoms with van der Waals surface area (Å²) in [4.78, 5) is 0. The standard InChI is InChI=1S/C15H28O11/c1-15(5-17)12(8(19)10(21)13(23-3)26-15)25-14-9(20)7(18)11(22-2)6(4-16)24-14/h6-14,16-21H,4-5H2,1-3H3/t6?,7?,8?,9?,10?,11-,12+,13-,14+,15?/m1/s1. The minimum atomic E-state index is -1.57. The van der Waals surface area contributed by atoms with Crippen LogP contribution in [0.15, 0.2) is 0 Å². The van der Waals surface area contributed by atoms with E-state index in [2.05, 4.69) is 0 Å². The van der Waals surface area contributed by atoms with Crippen LogP contribution in [-0.2, 0) is 23.7 Å². The Bertz CT molecular complexity index is 449. The van der Waals surface area contributed by atoms with Gasteiger partial charge in [0.1, 0.15) is 48.3 Å². The third-order valence-corrected chi connectivity index (χ3v) is 4.85. The van der Waals surface area contributed by atoms with Crippen molar-refractivity contribution in [2.24, 2.45) is 0 Å². The summed E-state index contributed by atoms with van der Waals surface area (Å²) in [6.45, 7) is 0.306. The Morgan fingerprint density at radius 3 is 2.00 bits per heavy atom. The number of hydrogen-bond donors (Lipinski definition) is 6. The zero-order valence-electron chi connectivity index (χ0n) is 14.8. The highest BCUT2D eigenvalue weighted by Crippen LogP contribution is 2.35. The molecule has 11 nitrogen and oxygen atoms in total. The number of aliphatic hydroxyl groups excluding tert-OH is 6. The molecule has 0 radical (unpaired) electrons. The first-order valence-corrected chi connectivity index (χ1v) is 8.22. The van der Waals surface area contributed by atoms with Crippen LogP contribution in [0.2, 0.25) is 0 Å². The second-order valence-electron chi connectivity index (χ2n) is 6.64. The molecule has 2 aliphatic rings. The molecule has 2 saturated heterocycles. The smallest absolute Gasteiger partial charge is 0.187 e. The van der Waals surface area contributed by atoms with Gasteiger partial charge in [-0.1, -0.05) is 0 Å². The molecule has 0 bridgehead atoms. The van der Waals surface area contributed by atoms with E-state index in [0.29, 0.717) is 0 Å². The van der Waals surface area contributed by atoms with Crippen LogP contribution in [0.3, 0.4) is 0 Å². The monoisotopic (exact) mass is 384 g/mol. The Kier molecular flexibility index (Phi) is 7.32. The lowest BCUT2D eigenvalue weighted by molar-refractivity contribution is -0.378. The maximum atomic E-state index is 10.4. The van der Waals surface area contributed by atoms with Gasteiger partial charge < -0.3 is 54.3 Å². The summed E-state index contributed by atoms with van der Waals surface area (Å²) in [7, 11) is 2.55. The van der Waals surface area contributed by atoms with Crippen molar-refractivity contribution in [2.45, 2.75) is 67.8 Å². The Morgan fingerprint density at radius 2 is 1.50 bits per heavy atom. The molecule has 26 heavy (non-hydrogen) atoms. The number of methoxy groups -OCH3 is 2. The van der Waals surface area contributed by atoms with Crippen LogP contribution in [0.25, 0.3) is 0 Å². The van der Waals surface area contributed by atoms with Crippen LogP contribution in [-0.4, -0.2) is 119 Å². The van der Waals surface area contributed by atoms with E-state index in [1.807, 2.05) is 0 Å². The second kappa shape index (κ2) is 8.71. The molecule has 2 aliphatic heterocycles. The van der Waals surface area contributed by atoms with Crippen molar-refractivity contribution in [3.8, 4) is 0 Å². The molecule has 0 aromatic heterocycles. The number of ether oxygens (including phenoxy) is 5. The summed E-state index contributed by atoms with van der Waals surface area (Å²) in [5.74, 6) is 0. The van der Waals surface area contributed by atoms with Gasteiger partial charge in [0, 0.05) is 14.2 Å². The predicted molar refractivity (Wildman–Crippen MR) is 82.8 cm³/mol. The van der Waals surface area contributed by atoms with E-state index < -0.39 is 74.1 Å². The van der Waals surface area contributed by atoms with Crippen molar-refractivity contribution < 1.29 is 54.3 Å². The van der Waals surface area contributed by atoms with Gasteiger partial charge in [0.15, 0.2) is 12.6 Å². The lowest BCUT2D eigenvalue weighted by atomic mass is 9.88. The lowest BCUT2D eigenvalue weighted by Gasteiger charge is -2.50. The van der Waals surface area contributed by atoms with Crippen LogP contribution in [0.4, 0.5) is 0 Å². The average molecular weight is 384 g/mol. The molecule has 10 atom stereocenters. The number of aliphatic hydroxyl groups is 6. The molecule has 0 aromatic carbocycles. The topological polar surface area (TPSA) is 168 Å². The number of hydrogen-bond acceptors (Lipinski definition) is 11. The van der Waals surface area contributed by atoms with Crippen molar-refractivity contribution >= 4 is 0 Å². The molecular formula is C15H28O11. The highest BCUT2D eigenvalue weighted by Gasteiger charge is 2.55. The van der Waals surface area contributed by atoms with Crippen LogP contribution in [0, 0.1) is 0 Å². The van der Waals surface area contributed by atoms with Crippen molar-refractivity contribution in [1.82, 2.24) is 0 Å². The van der Waals surface area contributed by atoms with Gasteiger partial charge >= 0.3 is 0 Å². The van der Waals surface area contributed by atoms with Gasteiger partial charge in [-0.25, -0.2) is 0 Å². The Morgan fingerprint density at radius 1 is 0.885 bits per heavy atom. The van der Waals surface area contributed by atoms with Crippen molar-refractivity contribution in [2.75, 3.05) is 27.4 Å². The summed E-state index contributed by atoms with van der Waals surface area (Å²) in [5.41, 5.74) is -1.50. The molecule has 0 aliphatic carbocycles. The van der Waals surface area contributed by atoms with Gasteiger partial charge in [-0.05, 0) is 6.92 Å². The Hall–Kier alpha value is -0.440. The molecule has 2 heterocycles. The summed E-state index contributed by atoms with van der Waals surface area (Å²) in [6, 6.07) is 0. The molecule has 6 unspecified atom stereocenters. The van der Waals surface area contributed by atoms with E-state index in [-0.39, 0.29) is 0 Å².